The summed E-state index contributed by atoms with van der Waals surface area (Å²) in [4.78, 5) is 42.8. The quantitative estimate of drug-likeness (QED) is 0.157. The summed E-state index contributed by atoms with van der Waals surface area (Å²) >= 11 is 12.6. The lowest BCUT2D eigenvalue weighted by atomic mass is 10.0. The highest BCUT2D eigenvalue weighted by atomic mass is 35.5. The number of hydrogen-bond acceptors (Lipinski definition) is 5. The zero-order chi connectivity index (χ0) is 28.9. The minimum Gasteiger partial charge on any atom is -0.490 e. The van der Waals surface area contributed by atoms with Crippen LogP contribution in [0.25, 0.3) is 6.08 Å². The molecule has 0 unspecified atom stereocenters. The summed E-state index contributed by atoms with van der Waals surface area (Å²) in [6, 6.07) is 26.5. The Kier molecular flexibility index (Phi) is 8.38. The predicted molar refractivity (Wildman–Crippen MR) is 160 cm³/mol. The van der Waals surface area contributed by atoms with Crippen molar-refractivity contribution in [2.75, 3.05) is 16.4 Å². The Balaban J connectivity index is 1.55. The first-order valence-corrected chi connectivity index (χ1v) is 13.5. The molecule has 1 aliphatic rings. The van der Waals surface area contributed by atoms with Crippen LogP contribution < -0.4 is 19.3 Å². The van der Waals surface area contributed by atoms with Crippen molar-refractivity contribution in [3.05, 3.63) is 124 Å². The first kappa shape index (κ1) is 28.0. The Morgan fingerprint density at radius 3 is 1.83 bits per heavy atom. The van der Waals surface area contributed by atoms with Crippen LogP contribution in [0.3, 0.4) is 0 Å². The highest BCUT2D eigenvalue weighted by Crippen LogP contribution is 2.38. The molecule has 0 aliphatic carbocycles. The van der Waals surface area contributed by atoms with E-state index in [1.54, 1.807) is 84.9 Å². The van der Waals surface area contributed by atoms with E-state index in [1.807, 2.05) is 19.1 Å². The lowest BCUT2D eigenvalue weighted by Crippen LogP contribution is -2.57. The van der Waals surface area contributed by atoms with Crippen molar-refractivity contribution in [3.63, 3.8) is 0 Å². The van der Waals surface area contributed by atoms with Gasteiger partial charge in [0, 0.05) is 5.02 Å². The molecule has 4 aromatic carbocycles. The topological polar surface area (TPSA) is 76.2 Å². The van der Waals surface area contributed by atoms with Gasteiger partial charge in [-0.1, -0.05) is 71.7 Å². The van der Waals surface area contributed by atoms with Crippen LogP contribution in [0.1, 0.15) is 18.1 Å². The number of amides is 4. The third-order valence-corrected chi connectivity index (χ3v) is 6.75. The summed E-state index contributed by atoms with van der Waals surface area (Å²) in [6.07, 6.45) is 1.40. The molecule has 1 fully saturated rings. The fraction of sp³-hybridized carbons (Fsp3) is 0.0938. The SMILES string of the molecule is CCOc1cc(C=C2C(=O)N(c3ccccc3)C(=O)N(c3ccccc3)C2=O)cc(Cl)c1OCc1ccc(Cl)cc1. The average molecular weight is 587 g/mol. The predicted octanol–water partition coefficient (Wildman–Crippen LogP) is 7.55. The zero-order valence-corrected chi connectivity index (χ0v) is 23.4. The van der Waals surface area contributed by atoms with Crippen molar-refractivity contribution < 1.29 is 23.9 Å². The normalized spacial score (nSPS) is 13.4. The molecular formula is C32H24Cl2N2O5. The first-order valence-electron chi connectivity index (χ1n) is 12.8. The molecule has 5 rings (SSSR count). The van der Waals surface area contributed by atoms with Crippen molar-refractivity contribution in [1.29, 1.82) is 0 Å². The monoisotopic (exact) mass is 586 g/mol. The fourth-order valence-electron chi connectivity index (χ4n) is 4.32. The average Bonchev–Trinajstić information content (AvgIpc) is 2.97. The molecule has 7 nitrogen and oxygen atoms in total. The molecule has 0 saturated carbocycles. The van der Waals surface area contributed by atoms with Gasteiger partial charge in [-0.25, -0.2) is 14.6 Å². The van der Waals surface area contributed by atoms with Gasteiger partial charge in [0.1, 0.15) is 12.2 Å². The number of urea groups is 1. The Hall–Kier alpha value is -4.59. The molecule has 0 N–H and O–H groups in total. The number of anilines is 2. The number of barbiturate groups is 1. The van der Waals surface area contributed by atoms with Crippen molar-refractivity contribution in [2.45, 2.75) is 13.5 Å². The van der Waals surface area contributed by atoms with Crippen LogP contribution in [0.4, 0.5) is 16.2 Å². The molecule has 4 aromatic rings. The van der Waals surface area contributed by atoms with Gasteiger partial charge in [-0.3, -0.25) is 9.59 Å². The minimum absolute atomic E-state index is 0.217. The molecule has 0 radical (unpaired) electrons. The fourth-order valence-corrected chi connectivity index (χ4v) is 4.72. The number of para-hydroxylation sites is 2. The van der Waals surface area contributed by atoms with E-state index < -0.39 is 17.8 Å². The van der Waals surface area contributed by atoms with Crippen molar-refractivity contribution in [2.24, 2.45) is 0 Å². The highest BCUT2D eigenvalue weighted by molar-refractivity contribution is 6.46. The molecule has 1 heterocycles. The third-order valence-electron chi connectivity index (χ3n) is 6.22. The molecule has 206 valence electrons. The molecule has 41 heavy (non-hydrogen) atoms. The van der Waals surface area contributed by atoms with Gasteiger partial charge < -0.3 is 9.47 Å². The van der Waals surface area contributed by atoms with Crippen LogP contribution in [0.5, 0.6) is 11.5 Å². The van der Waals surface area contributed by atoms with Gasteiger partial charge in [0.05, 0.1) is 23.0 Å². The van der Waals surface area contributed by atoms with Gasteiger partial charge in [0.15, 0.2) is 11.5 Å². The Morgan fingerprint density at radius 2 is 1.29 bits per heavy atom. The molecule has 1 saturated heterocycles. The second-order valence-corrected chi connectivity index (χ2v) is 9.81. The smallest absolute Gasteiger partial charge is 0.343 e. The second-order valence-electron chi connectivity index (χ2n) is 8.97. The Bertz CT molecular complexity index is 1560. The summed E-state index contributed by atoms with van der Waals surface area (Å²) in [6.45, 7) is 2.36. The van der Waals surface area contributed by atoms with E-state index in [-0.39, 0.29) is 17.2 Å². The standard InChI is InChI=1S/C32H24Cl2N2O5/c1-2-40-28-19-22(18-27(34)29(28)41-20-21-13-15-23(33)16-14-21)17-26-30(37)35(24-9-5-3-6-10-24)32(39)36(31(26)38)25-11-7-4-8-12-25/h3-19H,2,20H2,1H3. The number of nitrogens with zero attached hydrogens (tertiary/aromatic N) is 2. The van der Waals surface area contributed by atoms with Gasteiger partial charge in [0.25, 0.3) is 11.8 Å². The van der Waals surface area contributed by atoms with Gasteiger partial charge in [-0.15, -0.1) is 0 Å². The summed E-state index contributed by atoms with van der Waals surface area (Å²) in [5, 5.41) is 0.840. The van der Waals surface area contributed by atoms with Gasteiger partial charge in [-0.05, 0) is 72.7 Å². The minimum atomic E-state index is -0.770. The molecule has 0 bridgehead atoms. The number of ether oxygens (including phenoxy) is 2. The maximum atomic E-state index is 13.7. The van der Waals surface area contributed by atoms with Gasteiger partial charge in [0.2, 0.25) is 0 Å². The maximum Gasteiger partial charge on any atom is 0.343 e. The lowest BCUT2D eigenvalue weighted by molar-refractivity contribution is -0.121. The number of carbonyl (C=O) groups excluding carboxylic acids is 3. The van der Waals surface area contributed by atoms with Crippen molar-refractivity contribution >= 4 is 58.5 Å². The van der Waals surface area contributed by atoms with E-state index in [9.17, 15) is 14.4 Å². The van der Waals surface area contributed by atoms with E-state index in [0.29, 0.717) is 40.1 Å². The van der Waals surface area contributed by atoms with E-state index >= 15 is 0 Å². The molecule has 1 aliphatic heterocycles. The molecule has 0 spiro atoms. The van der Waals surface area contributed by atoms with Crippen LogP contribution in [0, 0.1) is 0 Å². The van der Waals surface area contributed by atoms with Crippen molar-refractivity contribution in [1.82, 2.24) is 0 Å². The lowest BCUT2D eigenvalue weighted by Gasteiger charge is -2.34. The summed E-state index contributed by atoms with van der Waals surface area (Å²) in [5.41, 5.74) is 1.75. The molecule has 0 aromatic heterocycles. The first-order chi connectivity index (χ1) is 19.9. The summed E-state index contributed by atoms with van der Waals surface area (Å²) < 4.78 is 11.8. The highest BCUT2D eigenvalue weighted by Gasteiger charge is 2.43. The Morgan fingerprint density at radius 1 is 0.732 bits per heavy atom. The number of rotatable bonds is 8. The van der Waals surface area contributed by atoms with Gasteiger partial charge >= 0.3 is 6.03 Å². The van der Waals surface area contributed by atoms with Crippen LogP contribution in [0.15, 0.2) is 103 Å². The van der Waals surface area contributed by atoms with Crippen LogP contribution in [0.2, 0.25) is 10.0 Å². The summed E-state index contributed by atoms with van der Waals surface area (Å²) in [5.74, 6) is -0.850. The van der Waals surface area contributed by atoms with E-state index in [2.05, 4.69) is 0 Å². The molecule has 4 amide bonds. The number of carbonyl (C=O) groups is 3. The maximum absolute atomic E-state index is 13.7. The van der Waals surface area contributed by atoms with Crippen LogP contribution in [-0.2, 0) is 16.2 Å². The largest absolute Gasteiger partial charge is 0.490 e. The zero-order valence-electron chi connectivity index (χ0n) is 21.9. The Labute approximate surface area is 247 Å². The van der Waals surface area contributed by atoms with Crippen LogP contribution in [-0.4, -0.2) is 24.5 Å². The van der Waals surface area contributed by atoms with E-state index in [4.69, 9.17) is 32.7 Å². The molecule has 0 atom stereocenters. The number of benzene rings is 4. The molecular weight excluding hydrogens is 563 g/mol. The third kappa shape index (κ3) is 5.96. The second kappa shape index (κ2) is 12.3. The number of imide groups is 2. The number of halogens is 2. The van der Waals surface area contributed by atoms with Crippen LogP contribution >= 0.6 is 23.2 Å². The summed E-state index contributed by atoms with van der Waals surface area (Å²) in [7, 11) is 0. The molecule has 9 heteroatoms. The van der Waals surface area contributed by atoms with E-state index in [1.165, 1.54) is 6.08 Å². The van der Waals surface area contributed by atoms with Crippen molar-refractivity contribution in [3.8, 4) is 11.5 Å². The van der Waals surface area contributed by atoms with E-state index in [0.717, 1.165) is 15.4 Å². The van der Waals surface area contributed by atoms with Gasteiger partial charge in [-0.2, -0.15) is 0 Å². The number of hydrogen-bond donors (Lipinski definition) is 0.